The van der Waals surface area contributed by atoms with E-state index in [4.69, 9.17) is 0 Å². The molecule has 2 aliphatic rings. The minimum absolute atomic E-state index is 0.508. The molecule has 12 heteroatoms. The van der Waals surface area contributed by atoms with E-state index < -0.39 is 36.9 Å². The molecule has 3 heterocycles. The first kappa shape index (κ1) is 10.1. The zero-order valence-corrected chi connectivity index (χ0v) is 8.45. The summed E-state index contributed by atoms with van der Waals surface area (Å²) in [6, 6.07) is 0. The van der Waals surface area contributed by atoms with Crippen LogP contribution >= 0.6 is 7.82 Å². The molecule has 2 aliphatic heterocycles. The lowest BCUT2D eigenvalue weighted by molar-refractivity contribution is -0.219. The first-order valence-electron chi connectivity index (χ1n) is 3.93. The van der Waals surface area contributed by atoms with Crippen molar-refractivity contribution < 1.29 is 37.8 Å². The predicted molar refractivity (Wildman–Crippen MR) is 41.1 cm³/mol. The molecule has 0 saturated heterocycles. The fourth-order valence-electron chi connectivity index (χ4n) is 1.09. The average Bonchev–Trinajstić information content (AvgIpc) is 2.41. The Morgan fingerprint density at radius 1 is 1.00 bits per heavy atom. The summed E-state index contributed by atoms with van der Waals surface area (Å²) in [6.45, 7) is 0. The van der Waals surface area contributed by atoms with Gasteiger partial charge in [0.25, 0.3) is 5.88 Å². The molecule has 0 spiro atoms. The number of rotatable bonds is 0. The van der Waals surface area contributed by atoms with E-state index in [0.29, 0.717) is 0 Å². The van der Waals surface area contributed by atoms with E-state index in [-0.39, 0.29) is 0 Å². The van der Waals surface area contributed by atoms with E-state index >= 15 is 0 Å². The van der Waals surface area contributed by atoms with Gasteiger partial charge in [-0.3, -0.25) is 9.78 Å². The summed E-state index contributed by atoms with van der Waals surface area (Å²) in [4.78, 5) is 31.0. The first-order valence-corrected chi connectivity index (χ1v) is 5.39. The lowest BCUT2D eigenvalue weighted by atomic mass is 10.2. The van der Waals surface area contributed by atoms with Crippen LogP contribution in [0.3, 0.4) is 0 Å². The standard InChI is InChI=1S/C5N3O8P/c9-4-1-2-5(10)13-16-17(11,15-12-4)14-3(1)7-8-6-2. The van der Waals surface area contributed by atoms with Gasteiger partial charge in [0.1, 0.15) is 0 Å². The van der Waals surface area contributed by atoms with Gasteiger partial charge in [-0.05, 0) is 5.21 Å². The van der Waals surface area contributed by atoms with Crippen LogP contribution in [0.4, 0.5) is 0 Å². The van der Waals surface area contributed by atoms with Crippen LogP contribution in [-0.2, 0) is 23.7 Å². The molecule has 0 aromatic carbocycles. The van der Waals surface area contributed by atoms with Crippen molar-refractivity contribution in [2.24, 2.45) is 0 Å². The highest BCUT2D eigenvalue weighted by Crippen LogP contribution is 2.53. The van der Waals surface area contributed by atoms with E-state index in [1.54, 1.807) is 0 Å². The number of hydrogen-bond acceptors (Lipinski definition) is 11. The van der Waals surface area contributed by atoms with E-state index in [9.17, 15) is 14.2 Å². The average molecular weight is 261 g/mol. The Morgan fingerprint density at radius 3 is 2.47 bits per heavy atom. The Morgan fingerprint density at radius 2 is 1.71 bits per heavy atom. The highest BCUT2D eigenvalue weighted by atomic mass is 31.2. The fraction of sp³-hybridized carbons (Fsp3) is 0. The van der Waals surface area contributed by atoms with Gasteiger partial charge in [-0.2, -0.15) is 0 Å². The van der Waals surface area contributed by atoms with Crippen LogP contribution in [0.2, 0.25) is 0 Å². The molecule has 0 aliphatic carbocycles. The number of fused-ring (bicyclic) bond motifs is 1. The Bertz CT molecular complexity index is 587. The number of phosphoric acid groups is 1. The molecule has 11 nitrogen and oxygen atoms in total. The minimum atomic E-state index is -4.44. The van der Waals surface area contributed by atoms with Crippen LogP contribution in [0, 0.1) is 0 Å². The fourth-order valence-corrected chi connectivity index (χ4v) is 1.83. The Balaban J connectivity index is 2.33. The number of carbonyl (C=O) groups is 2. The second kappa shape index (κ2) is 3.20. The SMILES string of the molecule is O=C1OOP2(=O)OOC(=O)c3c(nnnc31)O2. The van der Waals surface area contributed by atoms with Crippen LogP contribution in [0.5, 0.6) is 5.88 Å². The minimum Gasteiger partial charge on any atom is -0.379 e. The topological polar surface area (TPSA) is 136 Å². The van der Waals surface area contributed by atoms with Crippen molar-refractivity contribution in [3.05, 3.63) is 11.3 Å². The van der Waals surface area contributed by atoms with Gasteiger partial charge in [-0.1, -0.05) is 14.4 Å². The maximum atomic E-state index is 11.6. The molecular formula is C5N3O8P. The molecule has 1 aromatic heterocycles. The Kier molecular flexibility index (Phi) is 1.90. The molecule has 0 amide bonds. The van der Waals surface area contributed by atoms with Gasteiger partial charge in [0.2, 0.25) is 0 Å². The normalized spacial score (nSPS) is 26.1. The second-order valence-corrected chi connectivity index (χ2v) is 4.12. The van der Waals surface area contributed by atoms with Gasteiger partial charge in [0.15, 0.2) is 11.3 Å². The lowest BCUT2D eigenvalue weighted by Gasteiger charge is -2.13. The summed E-state index contributed by atoms with van der Waals surface area (Å²) in [5.41, 5.74) is -1.07. The number of carbonyl (C=O) groups excluding carboxylic acids is 2. The maximum absolute atomic E-state index is 11.6. The molecule has 4 bridgehead atoms. The number of aromatic nitrogens is 3. The van der Waals surface area contributed by atoms with Gasteiger partial charge < -0.3 is 4.52 Å². The van der Waals surface area contributed by atoms with E-state index in [0.717, 1.165) is 0 Å². The van der Waals surface area contributed by atoms with Crippen LogP contribution in [0.25, 0.3) is 0 Å². The lowest BCUT2D eigenvalue weighted by Crippen LogP contribution is -2.18. The smallest absolute Gasteiger partial charge is 0.379 e. The van der Waals surface area contributed by atoms with Crippen LogP contribution in [-0.4, -0.2) is 27.3 Å². The van der Waals surface area contributed by atoms with Gasteiger partial charge >= 0.3 is 19.8 Å². The summed E-state index contributed by atoms with van der Waals surface area (Å²) in [6.07, 6.45) is 0. The largest absolute Gasteiger partial charge is 0.605 e. The summed E-state index contributed by atoms with van der Waals surface area (Å²) < 4.78 is 24.4. The van der Waals surface area contributed by atoms with Crippen molar-refractivity contribution >= 4 is 19.8 Å². The quantitative estimate of drug-likeness (QED) is 0.443. The van der Waals surface area contributed by atoms with Gasteiger partial charge in [-0.25, -0.2) is 14.2 Å². The van der Waals surface area contributed by atoms with Crippen molar-refractivity contribution in [2.75, 3.05) is 0 Å². The molecule has 1 aromatic rings. The molecule has 3 rings (SSSR count). The molecule has 0 radical (unpaired) electrons. The van der Waals surface area contributed by atoms with Crippen molar-refractivity contribution in [2.45, 2.75) is 0 Å². The van der Waals surface area contributed by atoms with Crippen molar-refractivity contribution in [3.63, 3.8) is 0 Å². The van der Waals surface area contributed by atoms with Gasteiger partial charge in [0, 0.05) is 0 Å². The van der Waals surface area contributed by atoms with E-state index in [2.05, 4.69) is 39.1 Å². The third-order valence-corrected chi connectivity index (χ3v) is 2.65. The van der Waals surface area contributed by atoms with E-state index in [1.807, 2.05) is 0 Å². The number of nitrogens with zero attached hydrogens (tertiary/aromatic N) is 3. The molecule has 0 N–H and O–H groups in total. The molecule has 1 unspecified atom stereocenters. The van der Waals surface area contributed by atoms with Crippen LogP contribution in [0.1, 0.15) is 20.8 Å². The highest BCUT2D eigenvalue weighted by Gasteiger charge is 2.46. The second-order valence-electron chi connectivity index (χ2n) is 2.75. The molecule has 1 atom stereocenters. The first-order chi connectivity index (χ1) is 8.09. The van der Waals surface area contributed by atoms with Crippen molar-refractivity contribution in [1.82, 2.24) is 15.4 Å². The Hall–Kier alpha value is -2.10. The predicted octanol–water partition coefficient (Wildman–Crippen LogP) is -0.438. The summed E-state index contributed by atoms with van der Waals surface area (Å²) in [7, 11) is -4.44. The van der Waals surface area contributed by atoms with Gasteiger partial charge in [0.05, 0.1) is 0 Å². The van der Waals surface area contributed by atoms with E-state index in [1.165, 1.54) is 0 Å². The number of hydrogen-bond donors (Lipinski definition) is 0. The highest BCUT2D eigenvalue weighted by molar-refractivity contribution is 7.48. The third kappa shape index (κ3) is 1.45. The molecule has 88 valence electrons. The zero-order chi connectivity index (χ0) is 12.0. The van der Waals surface area contributed by atoms with Crippen molar-refractivity contribution in [3.8, 4) is 5.88 Å². The van der Waals surface area contributed by atoms with Crippen LogP contribution < -0.4 is 4.52 Å². The molecular weight excluding hydrogens is 261 g/mol. The van der Waals surface area contributed by atoms with Crippen molar-refractivity contribution in [1.29, 1.82) is 0 Å². The summed E-state index contributed by atoms with van der Waals surface area (Å²) in [5.74, 6) is -2.95. The maximum Gasteiger partial charge on any atom is 0.605 e. The third-order valence-electron chi connectivity index (χ3n) is 1.74. The van der Waals surface area contributed by atoms with Crippen LogP contribution in [0.15, 0.2) is 0 Å². The Labute approximate surface area is 91.0 Å². The summed E-state index contributed by atoms with van der Waals surface area (Å²) in [5, 5.41) is 9.67. The monoisotopic (exact) mass is 261 g/mol. The molecule has 17 heavy (non-hydrogen) atoms. The zero-order valence-electron chi connectivity index (χ0n) is 7.55. The molecule has 0 saturated carbocycles. The summed E-state index contributed by atoms with van der Waals surface area (Å²) >= 11 is 0. The molecule has 0 fully saturated rings. The van der Waals surface area contributed by atoms with Gasteiger partial charge in [-0.15, -0.1) is 5.10 Å².